The van der Waals surface area contributed by atoms with E-state index < -0.39 is 127 Å². The minimum absolute atomic E-state index is 0.0319. The Morgan fingerprint density at radius 1 is 0.627 bits per heavy atom. The van der Waals surface area contributed by atoms with E-state index in [9.17, 15) is 63.6 Å². The lowest BCUT2D eigenvalue weighted by atomic mass is 9.99. The number of nitrogens with zero attached hydrogens (tertiary/aromatic N) is 1. The van der Waals surface area contributed by atoms with Crippen LogP contribution >= 0.6 is 0 Å². The van der Waals surface area contributed by atoms with Crippen molar-refractivity contribution in [2.75, 3.05) is 13.1 Å². The zero-order valence-electron chi connectivity index (χ0n) is 34.9. The molecule has 2 heterocycles. The molecule has 0 aromatic rings. The lowest BCUT2D eigenvalue weighted by Crippen LogP contribution is -2.62. The molecule has 2 aliphatic rings. The summed E-state index contributed by atoms with van der Waals surface area (Å²) in [5, 5.41) is 57.6. The van der Waals surface area contributed by atoms with Gasteiger partial charge in [-0.05, 0) is 84.1 Å². The zero-order valence-corrected chi connectivity index (χ0v) is 34.9. The first kappa shape index (κ1) is 50.3. The van der Waals surface area contributed by atoms with Crippen LogP contribution in [0, 0.1) is 11.8 Å². The third-order valence-electron chi connectivity index (χ3n) is 10.0. The van der Waals surface area contributed by atoms with E-state index in [-0.39, 0.29) is 37.6 Å². The second-order valence-corrected chi connectivity index (χ2v) is 16.2. The molecular formula is C38H64N8O13. The number of rotatable bonds is 23. The molecule has 21 heteroatoms. The summed E-state index contributed by atoms with van der Waals surface area (Å²) in [6.07, 6.45) is -1.86. The average molecular weight is 841 g/mol. The predicted octanol–water partition coefficient (Wildman–Crippen LogP) is -2.54. The number of nitrogens with one attached hydrogen (secondary N) is 7. The number of amides is 7. The summed E-state index contributed by atoms with van der Waals surface area (Å²) in [5.41, 5.74) is 0. The highest BCUT2D eigenvalue weighted by atomic mass is 16.4. The SMILES string of the molecule is CC(C)C[C@H](NC(=O)[C@H](CC(C)C)NC(=O)[C@@H](NC(=O)[C@@H]1CCCN1)[C@@H](C)O)C(=O)N[C@H](C(=O)N[C@@H](CCC(=O)O)C(=O)N[C@@H](C)C(=O)N1CCC[C@H]1C(=O)O)[C@@H](C)O. The summed E-state index contributed by atoms with van der Waals surface area (Å²) in [6.45, 7) is 11.7. The van der Waals surface area contributed by atoms with Crippen molar-refractivity contribution in [3.63, 3.8) is 0 Å². The van der Waals surface area contributed by atoms with Gasteiger partial charge in [0.05, 0.1) is 18.2 Å². The van der Waals surface area contributed by atoms with Crippen LogP contribution in [0.25, 0.3) is 0 Å². The molecule has 2 saturated heterocycles. The van der Waals surface area contributed by atoms with E-state index in [0.29, 0.717) is 19.4 Å². The number of aliphatic carboxylic acids is 2. The van der Waals surface area contributed by atoms with Crippen LogP contribution < -0.4 is 37.2 Å². The zero-order chi connectivity index (χ0) is 44.7. The Hall–Kier alpha value is -4.89. The molecule has 59 heavy (non-hydrogen) atoms. The van der Waals surface area contributed by atoms with Crippen molar-refractivity contribution in [3.8, 4) is 0 Å². The highest BCUT2D eigenvalue weighted by Gasteiger charge is 2.39. The van der Waals surface area contributed by atoms with Gasteiger partial charge in [-0.1, -0.05) is 27.7 Å². The van der Waals surface area contributed by atoms with Gasteiger partial charge in [0.25, 0.3) is 0 Å². The molecule has 0 bridgehead atoms. The van der Waals surface area contributed by atoms with Crippen molar-refractivity contribution >= 4 is 53.3 Å². The number of carboxylic acids is 2. The number of aliphatic hydroxyl groups excluding tert-OH is 2. The number of carbonyl (C=O) groups excluding carboxylic acids is 7. The molecule has 2 fully saturated rings. The summed E-state index contributed by atoms with van der Waals surface area (Å²) in [7, 11) is 0. The van der Waals surface area contributed by atoms with E-state index in [1.54, 1.807) is 27.7 Å². The summed E-state index contributed by atoms with van der Waals surface area (Å²) >= 11 is 0. The molecule has 11 N–H and O–H groups in total. The standard InChI is InChI=1S/C38H64N8O13/c1-18(2)16-25(43-36(56)30(22(7)48)44-31(51)23-10-8-14-39-23)33(53)42-26(17-19(3)4)34(54)45-29(21(6)47)35(55)41-24(12-13-28(49)50)32(52)40-20(5)37(57)46-15-9-11-27(46)38(58)59/h18-27,29-30,39,47-48H,8-17H2,1-7H3,(H,40,52)(H,41,55)(H,42,53)(H,43,56)(H,44,51)(H,45,54)(H,49,50)(H,58,59)/t20-,21+,22+,23-,24-,25-,26-,27-,29-,30-/m0/s1. The normalized spacial score (nSPS) is 20.6. The quantitative estimate of drug-likeness (QED) is 0.0506. The number of carboxylic acid groups (broad SMARTS) is 2. The van der Waals surface area contributed by atoms with Crippen LogP contribution in [0.5, 0.6) is 0 Å². The van der Waals surface area contributed by atoms with E-state index >= 15 is 0 Å². The molecule has 2 rings (SSSR count). The fraction of sp³-hybridized carbons (Fsp3) is 0.763. The van der Waals surface area contributed by atoms with E-state index in [0.717, 1.165) is 11.3 Å². The Bertz CT molecular complexity index is 1520. The highest BCUT2D eigenvalue weighted by molar-refractivity contribution is 5.98. The van der Waals surface area contributed by atoms with Crippen molar-refractivity contribution in [2.45, 2.75) is 160 Å². The van der Waals surface area contributed by atoms with E-state index in [1.165, 1.54) is 20.8 Å². The van der Waals surface area contributed by atoms with Crippen LogP contribution in [-0.4, -0.2) is 152 Å². The van der Waals surface area contributed by atoms with Crippen molar-refractivity contribution in [2.24, 2.45) is 11.8 Å². The Kier molecular flexibility index (Phi) is 20.1. The van der Waals surface area contributed by atoms with Gasteiger partial charge in [0, 0.05) is 13.0 Å². The highest BCUT2D eigenvalue weighted by Crippen LogP contribution is 2.19. The Morgan fingerprint density at radius 3 is 1.59 bits per heavy atom. The second-order valence-electron chi connectivity index (χ2n) is 16.2. The maximum absolute atomic E-state index is 13.8. The Morgan fingerprint density at radius 2 is 1.12 bits per heavy atom. The van der Waals surface area contributed by atoms with Crippen molar-refractivity contribution in [3.05, 3.63) is 0 Å². The van der Waals surface area contributed by atoms with Crippen molar-refractivity contribution in [1.82, 2.24) is 42.1 Å². The summed E-state index contributed by atoms with van der Waals surface area (Å²) in [6, 6.07) is -10.1. The fourth-order valence-corrected chi connectivity index (χ4v) is 6.88. The van der Waals surface area contributed by atoms with Crippen LogP contribution in [0.1, 0.15) is 99.8 Å². The first-order valence-corrected chi connectivity index (χ1v) is 20.2. The molecule has 21 nitrogen and oxygen atoms in total. The van der Waals surface area contributed by atoms with Gasteiger partial charge in [0.2, 0.25) is 41.4 Å². The Labute approximate surface area is 343 Å². The van der Waals surface area contributed by atoms with Gasteiger partial charge in [-0.15, -0.1) is 0 Å². The van der Waals surface area contributed by atoms with Gasteiger partial charge >= 0.3 is 11.9 Å². The molecule has 0 aromatic carbocycles. The van der Waals surface area contributed by atoms with Gasteiger partial charge in [-0.3, -0.25) is 38.4 Å². The molecule has 0 unspecified atom stereocenters. The molecule has 7 amide bonds. The van der Waals surface area contributed by atoms with Crippen LogP contribution in [0.4, 0.5) is 0 Å². The van der Waals surface area contributed by atoms with E-state index in [4.69, 9.17) is 0 Å². The van der Waals surface area contributed by atoms with Crippen molar-refractivity contribution in [1.29, 1.82) is 0 Å². The van der Waals surface area contributed by atoms with Crippen LogP contribution in [0.15, 0.2) is 0 Å². The predicted molar refractivity (Wildman–Crippen MR) is 210 cm³/mol. The first-order valence-electron chi connectivity index (χ1n) is 20.2. The Balaban J connectivity index is 2.24. The first-order chi connectivity index (χ1) is 27.5. The minimum atomic E-state index is -1.73. The number of aliphatic hydroxyl groups is 2. The maximum atomic E-state index is 13.8. The number of hydrogen-bond donors (Lipinski definition) is 11. The number of likely N-dealkylation sites (tertiary alicyclic amines) is 1. The second kappa shape index (κ2) is 23.6. The van der Waals surface area contributed by atoms with Crippen molar-refractivity contribution < 1.29 is 63.6 Å². The van der Waals surface area contributed by atoms with Crippen LogP contribution in [0.2, 0.25) is 0 Å². The third-order valence-corrected chi connectivity index (χ3v) is 10.0. The molecular weight excluding hydrogens is 776 g/mol. The third kappa shape index (κ3) is 16.0. The van der Waals surface area contributed by atoms with Crippen LogP contribution in [-0.2, 0) is 43.2 Å². The number of carbonyl (C=O) groups is 9. The number of hydrogen-bond acceptors (Lipinski definition) is 12. The molecule has 0 aromatic heterocycles. The maximum Gasteiger partial charge on any atom is 0.326 e. The fourth-order valence-electron chi connectivity index (χ4n) is 6.88. The molecule has 334 valence electrons. The topological polar surface area (TPSA) is 322 Å². The lowest BCUT2D eigenvalue weighted by Gasteiger charge is -2.30. The molecule has 0 saturated carbocycles. The van der Waals surface area contributed by atoms with Gasteiger partial charge in [-0.25, -0.2) is 4.79 Å². The molecule has 0 spiro atoms. The monoisotopic (exact) mass is 840 g/mol. The van der Waals surface area contributed by atoms with Gasteiger partial charge < -0.3 is 62.5 Å². The van der Waals surface area contributed by atoms with Gasteiger partial charge in [0.1, 0.15) is 42.3 Å². The summed E-state index contributed by atoms with van der Waals surface area (Å²) in [4.78, 5) is 118. The molecule has 0 radical (unpaired) electrons. The van der Waals surface area contributed by atoms with E-state index in [2.05, 4.69) is 37.2 Å². The molecule has 10 atom stereocenters. The van der Waals surface area contributed by atoms with E-state index in [1.807, 2.05) is 0 Å². The largest absolute Gasteiger partial charge is 0.481 e. The minimum Gasteiger partial charge on any atom is -0.481 e. The summed E-state index contributed by atoms with van der Waals surface area (Å²) < 4.78 is 0. The molecule has 2 aliphatic heterocycles. The smallest absolute Gasteiger partial charge is 0.326 e. The van der Waals surface area contributed by atoms with Gasteiger partial charge in [0.15, 0.2) is 0 Å². The van der Waals surface area contributed by atoms with Crippen LogP contribution in [0.3, 0.4) is 0 Å². The van der Waals surface area contributed by atoms with Gasteiger partial charge in [-0.2, -0.15) is 0 Å². The summed E-state index contributed by atoms with van der Waals surface area (Å²) in [5.74, 6) is -8.64. The lowest BCUT2D eigenvalue weighted by molar-refractivity contribution is -0.149. The average Bonchev–Trinajstić information content (AvgIpc) is 3.86. The molecule has 0 aliphatic carbocycles.